The lowest BCUT2D eigenvalue weighted by molar-refractivity contribution is -0.384. The number of nitro groups is 1. The van der Waals surface area contributed by atoms with E-state index in [1.54, 1.807) is 41.8 Å². The number of imidazole rings is 1. The maximum atomic E-state index is 12.9. The first-order valence-electron chi connectivity index (χ1n) is 11.6. The molecule has 0 bridgehead atoms. The number of nitrogens with two attached hydrogens (primary N) is 1. The highest BCUT2D eigenvalue weighted by Gasteiger charge is 2.18. The number of nitrogens with zero attached hydrogens (tertiary/aromatic N) is 3. The number of pyridine rings is 1. The van der Waals surface area contributed by atoms with E-state index in [4.69, 9.17) is 10.5 Å². The van der Waals surface area contributed by atoms with Crippen LogP contribution >= 0.6 is 0 Å². The van der Waals surface area contributed by atoms with Gasteiger partial charge in [-0.25, -0.2) is 4.98 Å². The summed E-state index contributed by atoms with van der Waals surface area (Å²) in [5, 5.41) is 17.0. The molecule has 190 valence electrons. The minimum absolute atomic E-state index is 0.0514. The molecule has 37 heavy (non-hydrogen) atoms. The molecule has 1 amide bonds. The van der Waals surface area contributed by atoms with E-state index in [1.807, 2.05) is 24.3 Å². The van der Waals surface area contributed by atoms with Crippen LogP contribution in [0.1, 0.15) is 28.4 Å². The maximum absolute atomic E-state index is 12.9. The van der Waals surface area contributed by atoms with Gasteiger partial charge in [-0.1, -0.05) is 24.3 Å². The number of benzene rings is 2. The normalized spacial score (nSPS) is 10.8. The second-order valence-electron chi connectivity index (χ2n) is 8.12. The number of ether oxygens (including phenoxy) is 1. The van der Waals surface area contributed by atoms with Gasteiger partial charge >= 0.3 is 5.97 Å². The van der Waals surface area contributed by atoms with E-state index < -0.39 is 10.9 Å². The zero-order valence-corrected chi connectivity index (χ0v) is 20.1. The topological polar surface area (TPSA) is 154 Å². The van der Waals surface area contributed by atoms with Gasteiger partial charge in [0.2, 0.25) is 0 Å². The number of amides is 1. The van der Waals surface area contributed by atoms with E-state index in [1.165, 1.54) is 12.1 Å². The highest BCUT2D eigenvalue weighted by molar-refractivity contribution is 5.95. The largest absolute Gasteiger partial charge is 0.465 e. The average molecular weight is 503 g/mol. The molecule has 0 saturated heterocycles. The van der Waals surface area contributed by atoms with E-state index >= 15 is 0 Å². The summed E-state index contributed by atoms with van der Waals surface area (Å²) in [5.41, 5.74) is 9.48. The Balaban J connectivity index is 1.63. The van der Waals surface area contributed by atoms with Crippen LogP contribution in [-0.4, -0.2) is 39.3 Å². The van der Waals surface area contributed by atoms with Crippen LogP contribution in [0.3, 0.4) is 0 Å². The van der Waals surface area contributed by atoms with E-state index in [2.05, 4.69) is 15.6 Å². The zero-order valence-electron chi connectivity index (χ0n) is 20.1. The first kappa shape index (κ1) is 25.3. The lowest BCUT2D eigenvalue weighted by Crippen LogP contribution is -2.23. The number of rotatable bonds is 10. The molecule has 4 rings (SSSR count). The van der Waals surface area contributed by atoms with Crippen LogP contribution in [0.25, 0.3) is 16.9 Å². The number of fused-ring (bicyclic) bond motifs is 1. The van der Waals surface area contributed by atoms with E-state index in [-0.39, 0.29) is 24.7 Å². The number of anilines is 1. The third-order valence-electron chi connectivity index (χ3n) is 5.63. The van der Waals surface area contributed by atoms with Gasteiger partial charge in [-0.15, -0.1) is 0 Å². The third-order valence-corrected chi connectivity index (χ3v) is 5.63. The van der Waals surface area contributed by atoms with Crippen molar-refractivity contribution in [3.63, 3.8) is 0 Å². The molecule has 2 aromatic heterocycles. The Hall–Kier alpha value is -4.77. The minimum atomic E-state index is -0.482. The molecule has 0 saturated carbocycles. The number of aromatic nitrogens is 2. The second kappa shape index (κ2) is 11.3. The molecule has 0 aliphatic carbocycles. The summed E-state index contributed by atoms with van der Waals surface area (Å²) < 4.78 is 6.71. The molecule has 0 aliphatic heterocycles. The summed E-state index contributed by atoms with van der Waals surface area (Å²) in [6.45, 7) is 2.62. The predicted molar refractivity (Wildman–Crippen MR) is 138 cm³/mol. The predicted octanol–water partition coefficient (Wildman–Crippen LogP) is 3.27. The molecule has 0 radical (unpaired) electrons. The maximum Gasteiger partial charge on any atom is 0.325 e. The molecule has 0 spiro atoms. The molecular weight excluding hydrogens is 476 g/mol. The number of carbonyl (C=O) groups excluding carboxylic acids is 2. The van der Waals surface area contributed by atoms with Gasteiger partial charge < -0.3 is 21.1 Å². The van der Waals surface area contributed by atoms with Crippen molar-refractivity contribution < 1.29 is 19.2 Å². The van der Waals surface area contributed by atoms with Crippen LogP contribution in [0.5, 0.6) is 0 Å². The van der Waals surface area contributed by atoms with Gasteiger partial charge in [0.25, 0.3) is 11.6 Å². The van der Waals surface area contributed by atoms with Crippen molar-refractivity contribution in [3.05, 3.63) is 93.7 Å². The smallest absolute Gasteiger partial charge is 0.325 e. The van der Waals surface area contributed by atoms with E-state index in [9.17, 15) is 19.7 Å². The van der Waals surface area contributed by atoms with Crippen LogP contribution in [0.15, 0.2) is 66.9 Å². The Morgan fingerprint density at radius 2 is 1.86 bits per heavy atom. The number of esters is 1. The molecule has 2 heterocycles. The molecule has 0 unspecified atom stereocenters. The van der Waals surface area contributed by atoms with E-state index in [0.717, 1.165) is 11.1 Å². The molecule has 0 aliphatic rings. The fraction of sp³-hybridized carbons (Fsp3) is 0.192. The van der Waals surface area contributed by atoms with Crippen molar-refractivity contribution in [1.82, 2.24) is 14.7 Å². The molecular formula is C26H26N6O5. The van der Waals surface area contributed by atoms with Gasteiger partial charge in [-0.05, 0) is 42.3 Å². The van der Waals surface area contributed by atoms with Crippen LogP contribution in [0.4, 0.5) is 11.5 Å². The molecule has 2 aromatic carbocycles. The number of hydrogen-bond acceptors (Lipinski definition) is 8. The third kappa shape index (κ3) is 5.90. The van der Waals surface area contributed by atoms with Gasteiger partial charge in [0.1, 0.15) is 23.7 Å². The quantitative estimate of drug-likeness (QED) is 0.170. The number of carbonyl (C=O) groups is 2. The van der Waals surface area contributed by atoms with Gasteiger partial charge in [0.05, 0.1) is 11.5 Å². The van der Waals surface area contributed by atoms with Crippen molar-refractivity contribution in [1.29, 1.82) is 0 Å². The highest BCUT2D eigenvalue weighted by atomic mass is 16.6. The summed E-state index contributed by atoms with van der Waals surface area (Å²) in [5.74, 6) is -0.231. The Morgan fingerprint density at radius 1 is 1.11 bits per heavy atom. The number of nitrogens with one attached hydrogen (secondary N) is 2. The van der Waals surface area contributed by atoms with Crippen molar-refractivity contribution in [2.75, 3.05) is 18.5 Å². The van der Waals surface area contributed by atoms with E-state index in [0.29, 0.717) is 41.4 Å². The monoisotopic (exact) mass is 502 g/mol. The first-order chi connectivity index (χ1) is 17.9. The summed E-state index contributed by atoms with van der Waals surface area (Å²) in [7, 11) is 0. The Morgan fingerprint density at radius 3 is 2.57 bits per heavy atom. The number of nitro benzene ring substituents is 1. The number of non-ortho nitro benzene ring substituents is 1. The standard InChI is InChI=1S/C26H26N6O5/c1-2-37-23(33)16-28-25-24(19-6-8-21(9-7-19)32(35)36)30-22-13-20(10-11-31(22)25)26(34)29-15-18-5-3-4-17(12-18)14-27/h3-13,28H,2,14-16,27H2,1H3,(H,29,34). The van der Waals surface area contributed by atoms with Gasteiger partial charge in [0.15, 0.2) is 0 Å². The second-order valence-corrected chi connectivity index (χ2v) is 8.12. The molecule has 0 fully saturated rings. The lowest BCUT2D eigenvalue weighted by Gasteiger charge is -2.09. The SMILES string of the molecule is CCOC(=O)CNc1c(-c2ccc([N+](=O)[O-])cc2)nc2cc(C(=O)NCc3cccc(CN)c3)ccn12. The highest BCUT2D eigenvalue weighted by Crippen LogP contribution is 2.30. The average Bonchev–Trinajstić information content (AvgIpc) is 3.28. The zero-order chi connectivity index (χ0) is 26.4. The lowest BCUT2D eigenvalue weighted by atomic mass is 10.1. The number of hydrogen-bond donors (Lipinski definition) is 3. The fourth-order valence-corrected chi connectivity index (χ4v) is 3.82. The Labute approximate surface area is 212 Å². The van der Waals surface area contributed by atoms with Gasteiger partial charge in [-0.3, -0.25) is 24.1 Å². The fourth-order valence-electron chi connectivity index (χ4n) is 3.82. The van der Waals surface area contributed by atoms with Crippen LogP contribution in [0.2, 0.25) is 0 Å². The molecule has 11 nitrogen and oxygen atoms in total. The van der Waals surface area contributed by atoms with Gasteiger partial charge in [-0.2, -0.15) is 0 Å². The Kier molecular flexibility index (Phi) is 7.74. The summed E-state index contributed by atoms with van der Waals surface area (Å²) in [6.07, 6.45) is 1.68. The summed E-state index contributed by atoms with van der Waals surface area (Å²) in [6, 6.07) is 16.9. The van der Waals surface area contributed by atoms with Crippen LogP contribution in [0, 0.1) is 10.1 Å². The van der Waals surface area contributed by atoms with Crippen LogP contribution < -0.4 is 16.4 Å². The van der Waals surface area contributed by atoms with Crippen molar-refractivity contribution >= 4 is 29.0 Å². The summed E-state index contributed by atoms with van der Waals surface area (Å²) in [4.78, 5) is 40.0. The summed E-state index contributed by atoms with van der Waals surface area (Å²) >= 11 is 0. The Bertz CT molecular complexity index is 1450. The van der Waals surface area contributed by atoms with Gasteiger partial charge in [0, 0.05) is 42.5 Å². The minimum Gasteiger partial charge on any atom is -0.465 e. The molecule has 11 heteroatoms. The molecule has 4 N–H and O–H groups in total. The van der Waals surface area contributed by atoms with Crippen molar-refractivity contribution in [2.45, 2.75) is 20.0 Å². The molecule has 0 atom stereocenters. The van der Waals surface area contributed by atoms with Crippen molar-refractivity contribution in [3.8, 4) is 11.3 Å². The first-order valence-corrected chi connectivity index (χ1v) is 11.6. The van der Waals surface area contributed by atoms with Crippen molar-refractivity contribution in [2.24, 2.45) is 5.73 Å². The molecule has 4 aromatic rings. The van der Waals surface area contributed by atoms with Crippen LogP contribution in [-0.2, 0) is 22.6 Å².